The predicted molar refractivity (Wildman–Crippen MR) is 62.8 cm³/mol. The lowest BCUT2D eigenvalue weighted by atomic mass is 9.95. The summed E-state index contributed by atoms with van der Waals surface area (Å²) in [5, 5.41) is 0. The lowest BCUT2D eigenvalue weighted by Gasteiger charge is -2.30. The van der Waals surface area contributed by atoms with E-state index in [4.69, 9.17) is 10.5 Å². The van der Waals surface area contributed by atoms with Gasteiger partial charge < -0.3 is 10.5 Å². The monoisotopic (exact) mass is 267 g/mol. The van der Waals surface area contributed by atoms with Crippen LogP contribution in [0.4, 0.5) is 0 Å². The fourth-order valence-corrected chi connectivity index (χ4v) is 2.60. The summed E-state index contributed by atoms with van der Waals surface area (Å²) < 4.78 is 7.06. The average molecular weight is 268 g/mol. The summed E-state index contributed by atoms with van der Waals surface area (Å²) in [6.45, 7) is 0. The summed E-state index contributed by atoms with van der Waals surface area (Å²) in [6.07, 6.45) is 3.93. The molecule has 2 atom stereocenters. The third-order valence-corrected chi connectivity index (χ3v) is 3.78. The Balaban J connectivity index is 1.93. The smallest absolute Gasteiger partial charge is 0.125 e. The fourth-order valence-electron chi connectivity index (χ4n) is 2.26. The second-order valence-corrected chi connectivity index (χ2v) is 5.43. The van der Waals surface area contributed by atoms with E-state index in [0.29, 0.717) is 6.10 Å². The summed E-state index contributed by atoms with van der Waals surface area (Å²) in [7, 11) is 0. The van der Waals surface area contributed by atoms with Crippen LogP contribution in [0.2, 0.25) is 0 Å². The molecule has 2 nitrogen and oxygen atoms in total. The van der Waals surface area contributed by atoms with Gasteiger partial charge in [0.2, 0.25) is 0 Å². The molecule has 1 fully saturated rings. The highest BCUT2D eigenvalue weighted by Crippen LogP contribution is 2.43. The third kappa shape index (κ3) is 1.79. The number of hydrogen-bond donors (Lipinski definition) is 1. The second-order valence-electron chi connectivity index (χ2n) is 4.52. The van der Waals surface area contributed by atoms with Crippen molar-refractivity contribution in [3.8, 4) is 5.75 Å². The summed E-state index contributed by atoms with van der Waals surface area (Å²) in [5.41, 5.74) is 7.31. The maximum absolute atomic E-state index is 6.16. The van der Waals surface area contributed by atoms with Crippen molar-refractivity contribution < 1.29 is 4.74 Å². The van der Waals surface area contributed by atoms with E-state index in [9.17, 15) is 0 Å². The molecule has 15 heavy (non-hydrogen) atoms. The third-order valence-electron chi connectivity index (χ3n) is 3.29. The first-order valence-electron chi connectivity index (χ1n) is 5.46. The zero-order chi connectivity index (χ0) is 10.4. The molecule has 3 rings (SSSR count). The summed E-state index contributed by atoms with van der Waals surface area (Å²) >= 11 is 3.46. The SMILES string of the molecule is NC1CC(C2CC2)Oc2cc(Br)ccc21. The Morgan fingerprint density at radius 1 is 1.33 bits per heavy atom. The van der Waals surface area contributed by atoms with Crippen molar-refractivity contribution >= 4 is 15.9 Å². The van der Waals surface area contributed by atoms with Gasteiger partial charge in [-0.1, -0.05) is 22.0 Å². The van der Waals surface area contributed by atoms with Gasteiger partial charge in [0.05, 0.1) is 0 Å². The first-order chi connectivity index (χ1) is 7.24. The molecule has 80 valence electrons. The summed E-state index contributed by atoms with van der Waals surface area (Å²) in [6, 6.07) is 6.27. The van der Waals surface area contributed by atoms with E-state index in [0.717, 1.165) is 28.1 Å². The Hall–Kier alpha value is -0.540. The minimum Gasteiger partial charge on any atom is -0.490 e. The van der Waals surface area contributed by atoms with Crippen LogP contribution in [0, 0.1) is 5.92 Å². The van der Waals surface area contributed by atoms with Crippen molar-refractivity contribution in [2.24, 2.45) is 11.7 Å². The van der Waals surface area contributed by atoms with Gasteiger partial charge in [0, 0.05) is 22.5 Å². The lowest BCUT2D eigenvalue weighted by Crippen LogP contribution is -2.30. The first kappa shape index (κ1) is 9.67. The zero-order valence-corrected chi connectivity index (χ0v) is 10.0. The quantitative estimate of drug-likeness (QED) is 0.849. The molecule has 0 radical (unpaired) electrons. The molecular weight excluding hydrogens is 254 g/mol. The van der Waals surface area contributed by atoms with Gasteiger partial charge in [-0.3, -0.25) is 0 Å². The van der Waals surface area contributed by atoms with Crippen LogP contribution in [-0.2, 0) is 0 Å². The summed E-state index contributed by atoms with van der Waals surface area (Å²) in [5.74, 6) is 1.73. The molecule has 1 heterocycles. The minimum absolute atomic E-state index is 0.146. The molecule has 0 saturated heterocycles. The molecule has 0 spiro atoms. The summed E-state index contributed by atoms with van der Waals surface area (Å²) in [4.78, 5) is 0. The van der Waals surface area contributed by atoms with Gasteiger partial charge >= 0.3 is 0 Å². The van der Waals surface area contributed by atoms with Crippen LogP contribution in [0.25, 0.3) is 0 Å². The van der Waals surface area contributed by atoms with E-state index in [2.05, 4.69) is 22.0 Å². The number of halogens is 1. The molecule has 3 heteroatoms. The Kier molecular flexibility index (Phi) is 2.25. The number of ether oxygens (including phenoxy) is 1. The molecule has 2 unspecified atom stereocenters. The van der Waals surface area contributed by atoms with Crippen LogP contribution in [0.5, 0.6) is 5.75 Å². The molecule has 1 aliphatic heterocycles. The van der Waals surface area contributed by atoms with Gasteiger partial charge in [0.15, 0.2) is 0 Å². The predicted octanol–water partition coefficient (Wildman–Crippen LogP) is 3.01. The van der Waals surface area contributed by atoms with Crippen molar-refractivity contribution in [1.29, 1.82) is 0 Å². The highest BCUT2D eigenvalue weighted by atomic mass is 79.9. The van der Waals surface area contributed by atoms with Crippen molar-refractivity contribution in [2.75, 3.05) is 0 Å². The molecule has 0 aromatic heterocycles. The lowest BCUT2D eigenvalue weighted by molar-refractivity contribution is 0.138. The van der Waals surface area contributed by atoms with Crippen LogP contribution < -0.4 is 10.5 Å². The molecule has 1 aromatic rings. The molecule has 1 aromatic carbocycles. The Bertz CT molecular complexity index is 389. The molecule has 2 aliphatic rings. The van der Waals surface area contributed by atoms with E-state index in [1.165, 1.54) is 12.8 Å². The molecular formula is C12H14BrNO. The van der Waals surface area contributed by atoms with Crippen molar-refractivity contribution in [3.63, 3.8) is 0 Å². The first-order valence-corrected chi connectivity index (χ1v) is 6.25. The van der Waals surface area contributed by atoms with Crippen molar-refractivity contribution in [3.05, 3.63) is 28.2 Å². The van der Waals surface area contributed by atoms with Crippen LogP contribution in [0.15, 0.2) is 22.7 Å². The van der Waals surface area contributed by atoms with E-state index in [1.807, 2.05) is 12.1 Å². The van der Waals surface area contributed by atoms with E-state index >= 15 is 0 Å². The Morgan fingerprint density at radius 3 is 2.87 bits per heavy atom. The standard InChI is InChI=1S/C12H14BrNO/c13-8-3-4-9-10(14)6-11(7-1-2-7)15-12(9)5-8/h3-5,7,10-11H,1-2,6,14H2. The largest absolute Gasteiger partial charge is 0.490 e. The normalized spacial score (nSPS) is 29.5. The van der Waals surface area contributed by atoms with Gasteiger partial charge in [-0.15, -0.1) is 0 Å². The molecule has 2 N–H and O–H groups in total. The second kappa shape index (κ2) is 3.49. The van der Waals surface area contributed by atoms with E-state index in [-0.39, 0.29) is 6.04 Å². The van der Waals surface area contributed by atoms with Crippen LogP contribution in [-0.4, -0.2) is 6.10 Å². The van der Waals surface area contributed by atoms with Crippen LogP contribution in [0.1, 0.15) is 30.9 Å². The number of fused-ring (bicyclic) bond motifs is 1. The minimum atomic E-state index is 0.146. The molecule has 0 amide bonds. The highest BCUT2D eigenvalue weighted by molar-refractivity contribution is 9.10. The van der Waals surface area contributed by atoms with E-state index in [1.54, 1.807) is 0 Å². The molecule has 0 bridgehead atoms. The van der Waals surface area contributed by atoms with Gasteiger partial charge in [0.25, 0.3) is 0 Å². The van der Waals surface area contributed by atoms with Gasteiger partial charge in [-0.05, 0) is 30.9 Å². The molecule has 1 saturated carbocycles. The number of nitrogens with two attached hydrogens (primary N) is 1. The van der Waals surface area contributed by atoms with Gasteiger partial charge in [0.1, 0.15) is 11.9 Å². The van der Waals surface area contributed by atoms with Crippen LogP contribution >= 0.6 is 15.9 Å². The van der Waals surface area contributed by atoms with Crippen LogP contribution in [0.3, 0.4) is 0 Å². The number of hydrogen-bond acceptors (Lipinski definition) is 2. The number of benzene rings is 1. The maximum atomic E-state index is 6.16. The zero-order valence-electron chi connectivity index (χ0n) is 8.45. The number of rotatable bonds is 1. The topological polar surface area (TPSA) is 35.2 Å². The maximum Gasteiger partial charge on any atom is 0.125 e. The highest BCUT2D eigenvalue weighted by Gasteiger charge is 2.37. The fraction of sp³-hybridized carbons (Fsp3) is 0.500. The van der Waals surface area contributed by atoms with Gasteiger partial charge in [-0.25, -0.2) is 0 Å². The van der Waals surface area contributed by atoms with Gasteiger partial charge in [-0.2, -0.15) is 0 Å². The Labute approximate surface area is 97.9 Å². The van der Waals surface area contributed by atoms with Crippen molar-refractivity contribution in [1.82, 2.24) is 0 Å². The Morgan fingerprint density at radius 2 is 2.13 bits per heavy atom. The van der Waals surface area contributed by atoms with Crippen molar-refractivity contribution in [2.45, 2.75) is 31.4 Å². The molecule has 1 aliphatic carbocycles. The van der Waals surface area contributed by atoms with E-state index < -0.39 is 0 Å². The average Bonchev–Trinajstić information content (AvgIpc) is 2.99.